The Bertz CT molecular complexity index is 214. The van der Waals surface area contributed by atoms with Crippen molar-refractivity contribution in [2.45, 2.75) is 38.6 Å². The minimum atomic E-state index is -0.202. The van der Waals surface area contributed by atoms with Crippen LogP contribution in [0.2, 0.25) is 0 Å². The molecule has 0 aromatic heterocycles. The summed E-state index contributed by atoms with van der Waals surface area (Å²) in [5.74, 6) is 0.690. The number of hydrogen-bond donors (Lipinski definition) is 3. The van der Waals surface area contributed by atoms with E-state index < -0.39 is 0 Å². The Kier molecular flexibility index (Phi) is 5.25. The van der Waals surface area contributed by atoms with Crippen molar-refractivity contribution in [2.75, 3.05) is 13.2 Å². The Morgan fingerprint density at radius 2 is 2.33 bits per heavy atom. The molecule has 1 fully saturated rings. The molecule has 0 spiro atoms. The van der Waals surface area contributed by atoms with Gasteiger partial charge < -0.3 is 10.4 Å². The normalized spacial score (nSPS) is 26.1. The number of nitrogens with one attached hydrogen (secondary N) is 1. The SMILES string of the molecule is CC1CCCC(NC(=O)N(S)CCO)C1. The van der Waals surface area contributed by atoms with Gasteiger partial charge in [-0.1, -0.05) is 32.6 Å². The fourth-order valence-electron chi connectivity index (χ4n) is 2.01. The van der Waals surface area contributed by atoms with Crippen LogP contribution in [0.1, 0.15) is 32.6 Å². The van der Waals surface area contributed by atoms with Gasteiger partial charge in [0.2, 0.25) is 0 Å². The van der Waals surface area contributed by atoms with Crippen LogP contribution in [0.4, 0.5) is 4.79 Å². The molecule has 2 N–H and O–H groups in total. The first-order valence-corrected chi connectivity index (χ1v) is 5.91. The zero-order valence-corrected chi connectivity index (χ0v) is 10.0. The van der Waals surface area contributed by atoms with Gasteiger partial charge in [-0.25, -0.2) is 4.79 Å². The van der Waals surface area contributed by atoms with Gasteiger partial charge in [-0.3, -0.25) is 4.31 Å². The Morgan fingerprint density at radius 3 is 2.93 bits per heavy atom. The molecule has 88 valence electrons. The van der Waals surface area contributed by atoms with Crippen molar-refractivity contribution in [1.29, 1.82) is 0 Å². The second-order valence-corrected chi connectivity index (χ2v) is 4.75. The van der Waals surface area contributed by atoms with E-state index in [4.69, 9.17) is 5.11 Å². The number of rotatable bonds is 3. The molecular formula is C10H20N2O2S. The molecule has 5 heteroatoms. The highest BCUT2D eigenvalue weighted by atomic mass is 32.1. The average molecular weight is 232 g/mol. The molecule has 2 atom stereocenters. The van der Waals surface area contributed by atoms with Gasteiger partial charge in [0.1, 0.15) is 0 Å². The van der Waals surface area contributed by atoms with E-state index in [9.17, 15) is 4.79 Å². The van der Waals surface area contributed by atoms with Crippen LogP contribution in [0, 0.1) is 5.92 Å². The average Bonchev–Trinajstić information content (AvgIpc) is 2.18. The standard InChI is InChI=1S/C10H20N2O2S/c1-8-3-2-4-9(7-8)11-10(14)12(15)5-6-13/h8-9,13,15H,2-7H2,1H3,(H,11,14). The van der Waals surface area contributed by atoms with Crippen molar-refractivity contribution in [3.63, 3.8) is 0 Å². The molecule has 1 rings (SSSR count). The van der Waals surface area contributed by atoms with Crippen LogP contribution in [-0.2, 0) is 0 Å². The monoisotopic (exact) mass is 232 g/mol. The van der Waals surface area contributed by atoms with Crippen molar-refractivity contribution >= 4 is 18.8 Å². The number of thiol groups is 1. The lowest BCUT2D eigenvalue weighted by molar-refractivity contribution is 0.203. The number of nitrogens with zero attached hydrogens (tertiary/aromatic N) is 1. The Balaban J connectivity index is 2.30. The highest BCUT2D eigenvalue weighted by Crippen LogP contribution is 2.23. The molecule has 0 aromatic rings. The van der Waals surface area contributed by atoms with Gasteiger partial charge in [0.05, 0.1) is 13.2 Å². The number of amides is 2. The first kappa shape index (κ1) is 12.6. The van der Waals surface area contributed by atoms with Crippen molar-refractivity contribution < 1.29 is 9.90 Å². The smallest absolute Gasteiger partial charge is 0.327 e. The van der Waals surface area contributed by atoms with Crippen molar-refractivity contribution in [3.8, 4) is 0 Å². The third-order valence-corrected chi connectivity index (χ3v) is 3.19. The summed E-state index contributed by atoms with van der Waals surface area (Å²) < 4.78 is 1.22. The van der Waals surface area contributed by atoms with Gasteiger partial charge in [0.15, 0.2) is 0 Å². The van der Waals surface area contributed by atoms with Crippen LogP contribution >= 0.6 is 12.8 Å². The highest BCUT2D eigenvalue weighted by molar-refractivity contribution is 7.78. The molecule has 4 nitrogen and oxygen atoms in total. The molecule has 0 aliphatic heterocycles. The number of carbonyl (C=O) groups is 1. The topological polar surface area (TPSA) is 52.6 Å². The first-order valence-electron chi connectivity index (χ1n) is 5.51. The Labute approximate surface area is 96.6 Å². The summed E-state index contributed by atoms with van der Waals surface area (Å²) in [6, 6.07) is 0.0704. The van der Waals surface area contributed by atoms with Gasteiger partial charge in [-0.05, 0) is 18.8 Å². The van der Waals surface area contributed by atoms with Gasteiger partial charge in [0, 0.05) is 6.04 Å². The summed E-state index contributed by atoms with van der Waals surface area (Å²) in [6.07, 6.45) is 4.54. The lowest BCUT2D eigenvalue weighted by atomic mass is 9.87. The molecular weight excluding hydrogens is 212 g/mol. The van der Waals surface area contributed by atoms with Crippen LogP contribution in [0.3, 0.4) is 0 Å². The van der Waals surface area contributed by atoms with Crippen LogP contribution in [-0.4, -0.2) is 34.6 Å². The van der Waals surface area contributed by atoms with Crippen molar-refractivity contribution in [2.24, 2.45) is 5.92 Å². The minimum absolute atomic E-state index is 0.0576. The molecule has 2 amide bonds. The minimum Gasteiger partial charge on any atom is -0.394 e. The highest BCUT2D eigenvalue weighted by Gasteiger charge is 2.21. The number of aliphatic hydroxyl groups is 1. The maximum Gasteiger partial charge on any atom is 0.327 e. The molecule has 2 unspecified atom stereocenters. The third-order valence-electron chi connectivity index (χ3n) is 2.81. The molecule has 0 bridgehead atoms. The molecule has 1 aliphatic rings. The van der Waals surface area contributed by atoms with E-state index >= 15 is 0 Å². The number of aliphatic hydroxyl groups excluding tert-OH is 1. The van der Waals surface area contributed by atoms with Crippen LogP contribution < -0.4 is 5.32 Å². The zero-order valence-electron chi connectivity index (χ0n) is 9.15. The maximum atomic E-state index is 11.5. The lowest BCUT2D eigenvalue weighted by Crippen LogP contribution is -2.43. The summed E-state index contributed by atoms with van der Waals surface area (Å²) >= 11 is 3.99. The van der Waals surface area contributed by atoms with E-state index in [1.165, 1.54) is 17.1 Å². The van der Waals surface area contributed by atoms with E-state index in [1.807, 2.05) is 0 Å². The summed E-state index contributed by atoms with van der Waals surface area (Å²) in [5, 5.41) is 11.6. The van der Waals surface area contributed by atoms with E-state index in [1.54, 1.807) is 0 Å². The third kappa shape index (κ3) is 4.30. The van der Waals surface area contributed by atoms with Gasteiger partial charge in [0.25, 0.3) is 0 Å². The lowest BCUT2D eigenvalue weighted by Gasteiger charge is -2.28. The second-order valence-electron chi connectivity index (χ2n) is 4.26. The predicted molar refractivity (Wildman–Crippen MR) is 62.7 cm³/mol. The van der Waals surface area contributed by atoms with E-state index in [0.717, 1.165) is 12.8 Å². The van der Waals surface area contributed by atoms with Crippen LogP contribution in [0.25, 0.3) is 0 Å². The molecule has 0 saturated heterocycles. The maximum absolute atomic E-state index is 11.5. The molecule has 0 radical (unpaired) electrons. The van der Waals surface area contributed by atoms with E-state index in [-0.39, 0.29) is 25.2 Å². The van der Waals surface area contributed by atoms with Crippen molar-refractivity contribution in [1.82, 2.24) is 9.62 Å². The van der Waals surface area contributed by atoms with Gasteiger partial charge in [-0.2, -0.15) is 0 Å². The second kappa shape index (κ2) is 6.23. The number of hydrogen-bond acceptors (Lipinski definition) is 3. The molecule has 15 heavy (non-hydrogen) atoms. The van der Waals surface area contributed by atoms with Crippen LogP contribution in [0.15, 0.2) is 0 Å². The number of carbonyl (C=O) groups excluding carboxylic acids is 1. The quantitative estimate of drug-likeness (QED) is 0.645. The summed E-state index contributed by atoms with van der Waals surface area (Å²) in [7, 11) is 0. The molecule has 0 heterocycles. The van der Waals surface area contributed by atoms with Gasteiger partial charge in [-0.15, -0.1) is 0 Å². The van der Waals surface area contributed by atoms with Crippen LogP contribution in [0.5, 0.6) is 0 Å². The molecule has 0 aromatic carbocycles. The predicted octanol–water partition coefficient (Wildman–Crippen LogP) is 1.41. The molecule has 1 saturated carbocycles. The van der Waals surface area contributed by atoms with E-state index in [2.05, 4.69) is 25.1 Å². The fraction of sp³-hybridized carbons (Fsp3) is 0.900. The molecule has 1 aliphatic carbocycles. The van der Waals surface area contributed by atoms with Crippen molar-refractivity contribution in [3.05, 3.63) is 0 Å². The first-order chi connectivity index (χ1) is 7.13. The summed E-state index contributed by atoms with van der Waals surface area (Å²) in [6.45, 7) is 2.42. The summed E-state index contributed by atoms with van der Waals surface area (Å²) in [4.78, 5) is 11.5. The largest absolute Gasteiger partial charge is 0.394 e. The zero-order chi connectivity index (χ0) is 11.3. The Morgan fingerprint density at radius 1 is 1.60 bits per heavy atom. The van der Waals surface area contributed by atoms with E-state index in [0.29, 0.717) is 5.92 Å². The fourth-order valence-corrected chi connectivity index (χ4v) is 2.16. The van der Waals surface area contributed by atoms with Gasteiger partial charge >= 0.3 is 6.03 Å². The summed E-state index contributed by atoms with van der Waals surface area (Å²) in [5.41, 5.74) is 0. The Hall–Kier alpha value is -0.420. The number of urea groups is 1.